The monoisotopic (exact) mass is 114 g/mol. The maximum atomic E-state index is 7.17. The zero-order valence-corrected chi connectivity index (χ0v) is 3.92. The molecule has 6 heavy (non-hydrogen) atoms. The van der Waals surface area contributed by atoms with Crippen molar-refractivity contribution in [1.29, 1.82) is 0 Å². The first kappa shape index (κ1) is 16.3. The summed E-state index contributed by atoms with van der Waals surface area (Å²) in [5, 5.41) is 21.5. The van der Waals surface area contributed by atoms with Crippen LogP contribution in [0.25, 0.3) is 0 Å². The Kier molecular flexibility index (Phi) is 24.4. The highest BCUT2D eigenvalue weighted by Gasteiger charge is 1.92. The highest BCUT2D eigenvalue weighted by molar-refractivity contribution is 7.59. The fourth-order valence-corrected chi connectivity index (χ4v) is 0. The Morgan fingerprint density at radius 2 is 1.00 bits per heavy atom. The van der Waals surface area contributed by atoms with Crippen LogP contribution in [-0.4, -0.2) is 27.9 Å². The fraction of sp³-hybridized carbons (Fsp3) is 0. The lowest BCUT2D eigenvalue weighted by molar-refractivity contribution is 0.278. The lowest BCUT2D eigenvalue weighted by Gasteiger charge is -1.69. The Balaban J connectivity index is -0.0000000450. The Hall–Kier alpha value is 0.255. The van der Waals surface area contributed by atoms with Gasteiger partial charge >= 0.3 is 7.32 Å². The fourth-order valence-electron chi connectivity index (χ4n) is 0. The standard InChI is InChI=1S/BH3O3.H2O.H2S/c2-1(3)4;;/h2-4H;2*1H2. The molecule has 0 saturated heterocycles. The van der Waals surface area contributed by atoms with Crippen LogP contribution in [0, 0.1) is 0 Å². The summed E-state index contributed by atoms with van der Waals surface area (Å²) in [6.07, 6.45) is 0. The number of hydrogen-bond acceptors (Lipinski definition) is 3. The molecular weight excluding hydrogens is 107 g/mol. The van der Waals surface area contributed by atoms with Crippen molar-refractivity contribution in [3.63, 3.8) is 0 Å². The molecule has 0 saturated carbocycles. The molecule has 0 fully saturated rings. The maximum absolute atomic E-state index is 7.17. The second-order valence-electron chi connectivity index (χ2n) is 0.346. The van der Waals surface area contributed by atoms with Crippen molar-refractivity contribution in [3.8, 4) is 0 Å². The molecule has 0 bridgehead atoms. The van der Waals surface area contributed by atoms with Gasteiger partial charge in [0.15, 0.2) is 0 Å². The SMILES string of the molecule is O.OB(O)O.S. The summed E-state index contributed by atoms with van der Waals surface area (Å²) in [6.45, 7) is 0. The summed E-state index contributed by atoms with van der Waals surface area (Å²) in [5.41, 5.74) is 0. The molecule has 5 N–H and O–H groups in total. The Morgan fingerprint density at radius 3 is 1.00 bits per heavy atom. The summed E-state index contributed by atoms with van der Waals surface area (Å²) < 4.78 is 0. The third-order valence-corrected chi connectivity index (χ3v) is 0. The predicted octanol–water partition coefficient (Wildman–Crippen LogP) is -2.76. The van der Waals surface area contributed by atoms with Crippen molar-refractivity contribution in [2.24, 2.45) is 0 Å². The lowest BCUT2D eigenvalue weighted by atomic mass is 10.3. The van der Waals surface area contributed by atoms with E-state index in [1.807, 2.05) is 0 Å². The molecule has 0 aliphatic heterocycles. The molecule has 0 aromatic rings. The normalized spacial score (nSPS) is 4.50. The second kappa shape index (κ2) is 8.98. The summed E-state index contributed by atoms with van der Waals surface area (Å²) in [7, 11) is -2.17. The highest BCUT2D eigenvalue weighted by Crippen LogP contribution is 1.40. The average Bonchev–Trinajstić information content (AvgIpc) is 0.811. The van der Waals surface area contributed by atoms with E-state index in [1.165, 1.54) is 0 Å². The second-order valence-corrected chi connectivity index (χ2v) is 0.346. The van der Waals surface area contributed by atoms with Crippen molar-refractivity contribution in [3.05, 3.63) is 0 Å². The van der Waals surface area contributed by atoms with Crippen LogP contribution < -0.4 is 0 Å². The summed E-state index contributed by atoms with van der Waals surface area (Å²) in [5.74, 6) is 0. The van der Waals surface area contributed by atoms with Crippen LogP contribution in [-0.2, 0) is 0 Å². The van der Waals surface area contributed by atoms with Crippen LogP contribution in [0.4, 0.5) is 0 Å². The van der Waals surface area contributed by atoms with Crippen LogP contribution in [0.5, 0.6) is 0 Å². The molecule has 0 aromatic carbocycles. The first-order valence-corrected chi connectivity index (χ1v) is 0.775. The number of hydrogen-bond donors (Lipinski definition) is 3. The minimum atomic E-state index is -2.17. The zero-order valence-electron chi connectivity index (χ0n) is 2.92. The van der Waals surface area contributed by atoms with Gasteiger partial charge in [-0.25, -0.2) is 0 Å². The lowest BCUT2D eigenvalue weighted by Crippen LogP contribution is -2.07. The largest absolute Gasteiger partial charge is 0.631 e. The first-order chi connectivity index (χ1) is 1.73. The first-order valence-electron chi connectivity index (χ1n) is 0.775. The summed E-state index contributed by atoms with van der Waals surface area (Å²) in [4.78, 5) is 0. The average molecular weight is 114 g/mol. The molecule has 0 radical (unpaired) electrons. The molecular formula is H7BO4S. The molecule has 0 spiro atoms. The van der Waals surface area contributed by atoms with Crippen LogP contribution in [0.2, 0.25) is 0 Å². The maximum Gasteiger partial charge on any atom is 0.631 e. The van der Waals surface area contributed by atoms with Gasteiger partial charge in [0.05, 0.1) is 0 Å². The van der Waals surface area contributed by atoms with E-state index in [2.05, 4.69) is 0 Å². The molecule has 0 aliphatic carbocycles. The molecule has 0 aromatic heterocycles. The van der Waals surface area contributed by atoms with Gasteiger partial charge in [0.25, 0.3) is 0 Å². The molecule has 40 valence electrons. The van der Waals surface area contributed by atoms with Gasteiger partial charge in [-0.05, 0) is 0 Å². The van der Waals surface area contributed by atoms with E-state index in [-0.39, 0.29) is 19.0 Å². The van der Waals surface area contributed by atoms with E-state index in [0.29, 0.717) is 0 Å². The smallest absolute Gasteiger partial charge is 0.412 e. The minimum absolute atomic E-state index is 0. The Bertz CT molecular complexity index is 12.3. The van der Waals surface area contributed by atoms with Crippen molar-refractivity contribution in [2.45, 2.75) is 0 Å². The third kappa shape index (κ3) is 694. The van der Waals surface area contributed by atoms with Crippen LogP contribution in [0.1, 0.15) is 0 Å². The molecule has 6 heteroatoms. The van der Waals surface area contributed by atoms with E-state index in [1.54, 1.807) is 0 Å². The quantitative estimate of drug-likeness (QED) is 0.298. The zero-order chi connectivity index (χ0) is 3.58. The summed E-state index contributed by atoms with van der Waals surface area (Å²) >= 11 is 0. The van der Waals surface area contributed by atoms with Crippen molar-refractivity contribution < 1.29 is 20.5 Å². The van der Waals surface area contributed by atoms with Gasteiger partial charge in [0.1, 0.15) is 0 Å². The Labute approximate surface area is 42.4 Å². The number of rotatable bonds is 0. The predicted molar refractivity (Wildman–Crippen MR) is 26.4 cm³/mol. The molecule has 0 unspecified atom stereocenters. The topological polar surface area (TPSA) is 92.2 Å². The van der Waals surface area contributed by atoms with Gasteiger partial charge in [0, 0.05) is 0 Å². The van der Waals surface area contributed by atoms with Gasteiger partial charge in [-0.15, -0.1) is 0 Å². The van der Waals surface area contributed by atoms with E-state index < -0.39 is 7.32 Å². The van der Waals surface area contributed by atoms with Crippen molar-refractivity contribution in [2.75, 3.05) is 0 Å². The van der Waals surface area contributed by atoms with Crippen molar-refractivity contribution >= 4 is 20.8 Å². The van der Waals surface area contributed by atoms with Crippen molar-refractivity contribution in [1.82, 2.24) is 0 Å². The molecule has 0 heterocycles. The van der Waals surface area contributed by atoms with Crippen LogP contribution in [0.15, 0.2) is 0 Å². The van der Waals surface area contributed by atoms with E-state index >= 15 is 0 Å². The molecule has 0 amide bonds. The van der Waals surface area contributed by atoms with Gasteiger partial charge < -0.3 is 20.5 Å². The third-order valence-electron chi connectivity index (χ3n) is 0. The molecule has 0 aliphatic rings. The van der Waals surface area contributed by atoms with Crippen LogP contribution >= 0.6 is 13.5 Å². The Morgan fingerprint density at radius 1 is 1.00 bits per heavy atom. The van der Waals surface area contributed by atoms with Gasteiger partial charge in [-0.3, -0.25) is 0 Å². The van der Waals surface area contributed by atoms with Gasteiger partial charge in [-0.1, -0.05) is 0 Å². The van der Waals surface area contributed by atoms with Gasteiger partial charge in [0.2, 0.25) is 0 Å². The molecule has 4 nitrogen and oxygen atoms in total. The van der Waals surface area contributed by atoms with E-state index in [0.717, 1.165) is 0 Å². The van der Waals surface area contributed by atoms with Gasteiger partial charge in [-0.2, -0.15) is 13.5 Å². The van der Waals surface area contributed by atoms with E-state index in [4.69, 9.17) is 15.1 Å². The van der Waals surface area contributed by atoms with Crippen LogP contribution in [0.3, 0.4) is 0 Å². The van der Waals surface area contributed by atoms with E-state index in [9.17, 15) is 0 Å². The molecule has 0 atom stereocenters. The highest BCUT2D eigenvalue weighted by atomic mass is 32.1. The summed E-state index contributed by atoms with van der Waals surface area (Å²) in [6, 6.07) is 0. The molecule has 0 rings (SSSR count). The minimum Gasteiger partial charge on any atom is -0.412 e.